The van der Waals surface area contributed by atoms with E-state index in [1.807, 2.05) is 6.92 Å². The molecule has 1 N–H and O–H groups in total. The molecular formula is C13H11Cl2N3O2. The molecule has 0 saturated carbocycles. The first kappa shape index (κ1) is 14.6. The Hall–Kier alpha value is -1.85. The van der Waals surface area contributed by atoms with Crippen molar-refractivity contribution in [2.75, 3.05) is 5.32 Å². The number of nitrogens with zero attached hydrogens (tertiary/aromatic N) is 2. The summed E-state index contributed by atoms with van der Waals surface area (Å²) in [6.45, 7) is 1.81. The number of aromatic nitrogens is 1. The summed E-state index contributed by atoms with van der Waals surface area (Å²) in [5.74, 6) is 0.181. The van der Waals surface area contributed by atoms with Crippen molar-refractivity contribution in [3.63, 3.8) is 0 Å². The van der Waals surface area contributed by atoms with Gasteiger partial charge in [-0.25, -0.2) is 4.98 Å². The van der Waals surface area contributed by atoms with E-state index in [0.29, 0.717) is 15.6 Å². The van der Waals surface area contributed by atoms with E-state index in [-0.39, 0.29) is 17.5 Å². The molecule has 1 heterocycles. The second-order valence-corrected chi connectivity index (χ2v) is 4.94. The van der Waals surface area contributed by atoms with Crippen LogP contribution in [0.25, 0.3) is 0 Å². The maximum atomic E-state index is 10.9. The smallest absolute Gasteiger partial charge is 0.311 e. The van der Waals surface area contributed by atoms with E-state index in [4.69, 9.17) is 23.2 Å². The van der Waals surface area contributed by atoms with Gasteiger partial charge in [-0.1, -0.05) is 29.3 Å². The van der Waals surface area contributed by atoms with Crippen LogP contribution in [0, 0.1) is 10.1 Å². The zero-order valence-electron chi connectivity index (χ0n) is 10.5. The minimum Gasteiger partial charge on any atom is -0.358 e. The van der Waals surface area contributed by atoms with Gasteiger partial charge in [-0.15, -0.1) is 0 Å². The van der Waals surface area contributed by atoms with Crippen molar-refractivity contribution in [1.29, 1.82) is 0 Å². The number of nitro groups is 1. The molecule has 20 heavy (non-hydrogen) atoms. The van der Waals surface area contributed by atoms with Crippen LogP contribution < -0.4 is 5.32 Å². The molecule has 1 unspecified atom stereocenters. The van der Waals surface area contributed by atoms with Crippen molar-refractivity contribution in [2.24, 2.45) is 0 Å². The van der Waals surface area contributed by atoms with Gasteiger partial charge in [0.15, 0.2) is 0 Å². The first-order valence-corrected chi connectivity index (χ1v) is 6.56. The summed E-state index contributed by atoms with van der Waals surface area (Å²) >= 11 is 12.2. The fraction of sp³-hybridized carbons (Fsp3) is 0.154. The first-order valence-electron chi connectivity index (χ1n) is 5.80. The number of hydrogen-bond acceptors (Lipinski definition) is 4. The molecule has 0 spiro atoms. The van der Waals surface area contributed by atoms with E-state index in [2.05, 4.69) is 10.3 Å². The van der Waals surface area contributed by atoms with Crippen LogP contribution in [0.3, 0.4) is 0 Å². The maximum absolute atomic E-state index is 10.9. The van der Waals surface area contributed by atoms with Gasteiger partial charge in [0.25, 0.3) is 0 Å². The molecule has 0 amide bonds. The third-order valence-electron chi connectivity index (χ3n) is 2.77. The summed E-state index contributed by atoms with van der Waals surface area (Å²) in [5.41, 5.74) is 0.582. The van der Waals surface area contributed by atoms with E-state index in [0.717, 1.165) is 0 Å². The van der Waals surface area contributed by atoms with Gasteiger partial charge >= 0.3 is 5.69 Å². The Morgan fingerprint density at radius 1 is 1.25 bits per heavy atom. The number of rotatable bonds is 4. The van der Waals surface area contributed by atoms with Gasteiger partial charge in [0.2, 0.25) is 5.82 Å². The highest BCUT2D eigenvalue weighted by Gasteiger charge is 2.19. The quantitative estimate of drug-likeness (QED) is 0.668. The van der Waals surface area contributed by atoms with E-state index in [1.54, 1.807) is 18.2 Å². The molecule has 1 aromatic heterocycles. The lowest BCUT2D eigenvalue weighted by Gasteiger charge is -2.17. The van der Waals surface area contributed by atoms with Gasteiger partial charge in [0.05, 0.1) is 11.0 Å². The molecule has 7 heteroatoms. The van der Waals surface area contributed by atoms with Crippen molar-refractivity contribution < 1.29 is 4.92 Å². The molecule has 104 valence electrons. The SMILES string of the molecule is CC(Nc1ncccc1[N+](=O)[O-])c1c(Cl)cccc1Cl. The molecule has 0 aliphatic rings. The molecule has 2 aromatic rings. The van der Waals surface area contributed by atoms with Gasteiger partial charge in [0.1, 0.15) is 0 Å². The Kier molecular flexibility index (Phi) is 4.42. The molecule has 0 aliphatic carbocycles. The minimum atomic E-state index is -0.490. The van der Waals surface area contributed by atoms with Crippen LogP contribution in [0.2, 0.25) is 10.0 Å². The summed E-state index contributed by atoms with van der Waals surface area (Å²) < 4.78 is 0. The third kappa shape index (κ3) is 3.00. The molecule has 0 fully saturated rings. The zero-order valence-corrected chi connectivity index (χ0v) is 12.0. The van der Waals surface area contributed by atoms with Crippen LogP contribution in [0.1, 0.15) is 18.5 Å². The number of hydrogen-bond donors (Lipinski definition) is 1. The standard InChI is InChI=1S/C13H11Cl2N3O2/c1-8(12-9(14)4-2-5-10(12)15)17-13-11(18(19)20)6-3-7-16-13/h2-8H,1H3,(H,16,17). The Balaban J connectivity index is 2.33. The summed E-state index contributed by atoms with van der Waals surface area (Å²) in [6, 6.07) is 7.75. The Bertz CT molecular complexity index is 629. The van der Waals surface area contributed by atoms with E-state index >= 15 is 0 Å². The largest absolute Gasteiger partial charge is 0.358 e. The van der Waals surface area contributed by atoms with Crippen LogP contribution in [0.5, 0.6) is 0 Å². The molecule has 0 bridgehead atoms. The molecule has 0 saturated heterocycles. The number of benzene rings is 1. The predicted molar refractivity (Wildman–Crippen MR) is 79.4 cm³/mol. The maximum Gasteiger partial charge on any atom is 0.311 e. The fourth-order valence-electron chi connectivity index (χ4n) is 1.86. The highest BCUT2D eigenvalue weighted by molar-refractivity contribution is 6.36. The van der Waals surface area contributed by atoms with Crippen molar-refractivity contribution in [3.8, 4) is 0 Å². The number of nitrogens with one attached hydrogen (secondary N) is 1. The van der Waals surface area contributed by atoms with E-state index in [9.17, 15) is 10.1 Å². The van der Waals surface area contributed by atoms with Gasteiger partial charge in [-0.2, -0.15) is 0 Å². The second kappa shape index (κ2) is 6.07. The second-order valence-electron chi connectivity index (χ2n) is 4.13. The average molecular weight is 312 g/mol. The van der Waals surface area contributed by atoms with Gasteiger partial charge < -0.3 is 5.32 Å². The van der Waals surface area contributed by atoms with Crippen LogP contribution in [0.4, 0.5) is 11.5 Å². The first-order chi connectivity index (χ1) is 9.50. The molecule has 2 rings (SSSR count). The Morgan fingerprint density at radius 3 is 2.50 bits per heavy atom. The lowest BCUT2D eigenvalue weighted by Crippen LogP contribution is -2.10. The Morgan fingerprint density at radius 2 is 1.90 bits per heavy atom. The van der Waals surface area contributed by atoms with Gasteiger partial charge in [-0.05, 0) is 25.1 Å². The van der Waals surface area contributed by atoms with E-state index in [1.165, 1.54) is 18.3 Å². The lowest BCUT2D eigenvalue weighted by molar-refractivity contribution is -0.384. The van der Waals surface area contributed by atoms with Crippen LogP contribution >= 0.6 is 23.2 Å². The summed E-state index contributed by atoms with van der Waals surface area (Å²) in [6.07, 6.45) is 1.48. The van der Waals surface area contributed by atoms with Crippen LogP contribution in [-0.2, 0) is 0 Å². The summed E-state index contributed by atoms with van der Waals surface area (Å²) in [7, 11) is 0. The zero-order chi connectivity index (χ0) is 14.7. The highest BCUT2D eigenvalue weighted by Crippen LogP contribution is 2.33. The minimum absolute atomic E-state index is 0.0949. The summed E-state index contributed by atoms with van der Waals surface area (Å²) in [4.78, 5) is 14.4. The van der Waals surface area contributed by atoms with Crippen LogP contribution in [-0.4, -0.2) is 9.91 Å². The van der Waals surface area contributed by atoms with Gasteiger partial charge in [0, 0.05) is 27.9 Å². The Labute approximate surface area is 125 Å². The van der Waals surface area contributed by atoms with Gasteiger partial charge in [-0.3, -0.25) is 10.1 Å². The molecule has 1 aromatic carbocycles. The number of pyridine rings is 1. The topological polar surface area (TPSA) is 68.1 Å². The molecular weight excluding hydrogens is 301 g/mol. The monoisotopic (exact) mass is 311 g/mol. The third-order valence-corrected chi connectivity index (χ3v) is 3.43. The molecule has 0 radical (unpaired) electrons. The molecule has 5 nitrogen and oxygen atoms in total. The normalized spacial score (nSPS) is 11.9. The predicted octanol–water partition coefficient (Wildman–Crippen LogP) is 4.47. The average Bonchev–Trinajstić information content (AvgIpc) is 2.38. The molecule has 0 aliphatic heterocycles. The summed E-state index contributed by atoms with van der Waals surface area (Å²) in [5, 5.41) is 14.9. The fourth-order valence-corrected chi connectivity index (χ4v) is 2.58. The van der Waals surface area contributed by atoms with Crippen molar-refractivity contribution in [1.82, 2.24) is 4.98 Å². The number of anilines is 1. The van der Waals surface area contributed by atoms with Crippen LogP contribution in [0.15, 0.2) is 36.5 Å². The number of halogens is 2. The highest BCUT2D eigenvalue weighted by atomic mass is 35.5. The molecule has 1 atom stereocenters. The lowest BCUT2D eigenvalue weighted by atomic mass is 10.1. The van der Waals surface area contributed by atoms with Crippen molar-refractivity contribution >= 4 is 34.7 Å². The van der Waals surface area contributed by atoms with E-state index < -0.39 is 4.92 Å². The van der Waals surface area contributed by atoms with Crippen molar-refractivity contribution in [3.05, 3.63) is 62.3 Å². The van der Waals surface area contributed by atoms with Crippen molar-refractivity contribution in [2.45, 2.75) is 13.0 Å².